The topological polar surface area (TPSA) is 63.4 Å². The number of sulfonamides is 1. The summed E-state index contributed by atoms with van der Waals surface area (Å²) in [7, 11) is -3.35. The van der Waals surface area contributed by atoms with E-state index in [0.29, 0.717) is 23.9 Å². The number of piperidine rings is 1. The van der Waals surface area contributed by atoms with E-state index in [0.717, 1.165) is 17.7 Å². The summed E-state index contributed by atoms with van der Waals surface area (Å²) in [5, 5.41) is 1.70. The molecule has 4 nitrogen and oxygen atoms in total. The lowest BCUT2D eigenvalue weighted by atomic mass is 9.94. The monoisotopic (exact) mass is 288 g/mol. The first-order chi connectivity index (χ1) is 8.46. The van der Waals surface area contributed by atoms with E-state index < -0.39 is 10.0 Å². The van der Waals surface area contributed by atoms with Crippen molar-refractivity contribution in [2.45, 2.75) is 44.2 Å². The van der Waals surface area contributed by atoms with Crippen LogP contribution < -0.4 is 5.73 Å². The fraction of sp³-hybridized carbons (Fsp3) is 0.667. The quantitative estimate of drug-likeness (QED) is 0.925. The summed E-state index contributed by atoms with van der Waals surface area (Å²) in [5.74, 6) is 0.418. The van der Waals surface area contributed by atoms with Crippen LogP contribution in [0.1, 0.15) is 31.6 Å². The molecule has 1 aromatic heterocycles. The Morgan fingerprint density at radius 3 is 2.83 bits per heavy atom. The van der Waals surface area contributed by atoms with Crippen LogP contribution in [0.15, 0.2) is 16.3 Å². The Morgan fingerprint density at radius 2 is 2.22 bits per heavy atom. The second-order valence-electron chi connectivity index (χ2n) is 4.93. The third kappa shape index (κ3) is 2.47. The Morgan fingerprint density at radius 1 is 1.50 bits per heavy atom. The molecule has 1 aliphatic rings. The summed E-state index contributed by atoms with van der Waals surface area (Å²) in [4.78, 5) is 1.31. The van der Waals surface area contributed by atoms with Crippen LogP contribution in [-0.2, 0) is 16.6 Å². The molecule has 0 saturated carbocycles. The molecule has 1 aromatic rings. The highest BCUT2D eigenvalue weighted by molar-refractivity contribution is 7.89. The molecule has 0 spiro atoms. The van der Waals surface area contributed by atoms with Crippen molar-refractivity contribution >= 4 is 21.4 Å². The van der Waals surface area contributed by atoms with Gasteiger partial charge in [0.1, 0.15) is 0 Å². The van der Waals surface area contributed by atoms with E-state index in [2.05, 4.69) is 6.92 Å². The predicted molar refractivity (Wildman–Crippen MR) is 74.0 cm³/mol. The average Bonchev–Trinajstić information content (AvgIpc) is 2.81. The molecule has 2 unspecified atom stereocenters. The standard InChI is InChI=1S/C12H20N2O2S2/c1-9-4-3-5-14(10(9)2)18(15,16)12-6-11(7-13)17-8-12/h6,8-10H,3-5,7,13H2,1-2H3. The first-order valence-corrected chi connectivity index (χ1v) is 8.58. The van der Waals surface area contributed by atoms with E-state index in [4.69, 9.17) is 5.73 Å². The normalized spacial score (nSPS) is 26.4. The molecule has 0 radical (unpaired) electrons. The Labute approximate surface area is 113 Å². The van der Waals surface area contributed by atoms with Gasteiger partial charge >= 0.3 is 0 Å². The molecule has 0 amide bonds. The average molecular weight is 288 g/mol. The van der Waals surface area contributed by atoms with Gasteiger partial charge in [0.25, 0.3) is 0 Å². The predicted octanol–water partition coefficient (Wildman–Crippen LogP) is 2.02. The molecule has 2 heterocycles. The number of hydrogen-bond acceptors (Lipinski definition) is 4. The van der Waals surface area contributed by atoms with Gasteiger partial charge in [0.2, 0.25) is 10.0 Å². The SMILES string of the molecule is CC1CCCN(S(=O)(=O)c2csc(CN)c2)C1C. The summed E-state index contributed by atoms with van der Waals surface area (Å²) < 4.78 is 26.8. The minimum atomic E-state index is -3.35. The van der Waals surface area contributed by atoms with Gasteiger partial charge in [-0.05, 0) is 31.7 Å². The largest absolute Gasteiger partial charge is 0.326 e. The van der Waals surface area contributed by atoms with E-state index >= 15 is 0 Å². The molecular weight excluding hydrogens is 268 g/mol. The van der Waals surface area contributed by atoms with Crippen LogP contribution in [0.25, 0.3) is 0 Å². The first-order valence-electron chi connectivity index (χ1n) is 6.26. The van der Waals surface area contributed by atoms with Gasteiger partial charge in [-0.25, -0.2) is 8.42 Å². The van der Waals surface area contributed by atoms with Crippen LogP contribution in [0.2, 0.25) is 0 Å². The van der Waals surface area contributed by atoms with Crippen molar-refractivity contribution in [2.24, 2.45) is 11.7 Å². The third-order valence-corrected chi connectivity index (χ3v) is 6.83. The van der Waals surface area contributed by atoms with Gasteiger partial charge in [-0.2, -0.15) is 4.31 Å². The Kier molecular flexibility index (Phi) is 4.11. The van der Waals surface area contributed by atoms with E-state index in [1.54, 1.807) is 15.8 Å². The highest BCUT2D eigenvalue weighted by Gasteiger charge is 2.34. The van der Waals surface area contributed by atoms with Gasteiger partial charge in [-0.3, -0.25) is 0 Å². The molecule has 18 heavy (non-hydrogen) atoms. The van der Waals surface area contributed by atoms with Gasteiger partial charge in [-0.1, -0.05) is 6.92 Å². The molecular formula is C12H20N2O2S2. The van der Waals surface area contributed by atoms with Crippen LogP contribution in [0.4, 0.5) is 0 Å². The smallest absolute Gasteiger partial charge is 0.244 e. The second kappa shape index (κ2) is 5.28. The minimum absolute atomic E-state index is 0.0741. The maximum Gasteiger partial charge on any atom is 0.244 e. The minimum Gasteiger partial charge on any atom is -0.326 e. The molecule has 0 bridgehead atoms. The zero-order valence-corrected chi connectivity index (χ0v) is 12.4. The fourth-order valence-electron chi connectivity index (χ4n) is 2.38. The van der Waals surface area contributed by atoms with Crippen LogP contribution in [0.3, 0.4) is 0 Å². The van der Waals surface area contributed by atoms with Crippen LogP contribution in [0.5, 0.6) is 0 Å². The van der Waals surface area contributed by atoms with E-state index in [1.165, 1.54) is 11.3 Å². The van der Waals surface area contributed by atoms with Crippen molar-refractivity contribution in [2.75, 3.05) is 6.54 Å². The van der Waals surface area contributed by atoms with Crippen LogP contribution >= 0.6 is 11.3 Å². The molecule has 1 fully saturated rings. The van der Waals surface area contributed by atoms with Gasteiger partial charge in [-0.15, -0.1) is 11.3 Å². The van der Waals surface area contributed by atoms with Crippen molar-refractivity contribution in [3.05, 3.63) is 16.3 Å². The molecule has 2 rings (SSSR count). The van der Waals surface area contributed by atoms with Crippen molar-refractivity contribution in [1.29, 1.82) is 0 Å². The second-order valence-corrected chi connectivity index (χ2v) is 7.82. The van der Waals surface area contributed by atoms with Crippen molar-refractivity contribution in [3.63, 3.8) is 0 Å². The zero-order chi connectivity index (χ0) is 13.3. The molecule has 102 valence electrons. The van der Waals surface area contributed by atoms with Crippen molar-refractivity contribution in [1.82, 2.24) is 4.31 Å². The molecule has 6 heteroatoms. The van der Waals surface area contributed by atoms with Gasteiger partial charge < -0.3 is 5.73 Å². The zero-order valence-electron chi connectivity index (χ0n) is 10.8. The summed E-state index contributed by atoms with van der Waals surface area (Å²) in [5.41, 5.74) is 5.54. The maximum absolute atomic E-state index is 12.6. The molecule has 2 atom stereocenters. The molecule has 0 aromatic carbocycles. The van der Waals surface area contributed by atoms with Crippen LogP contribution in [0, 0.1) is 5.92 Å². The van der Waals surface area contributed by atoms with Gasteiger partial charge in [0, 0.05) is 29.4 Å². The van der Waals surface area contributed by atoms with Crippen molar-refractivity contribution < 1.29 is 8.42 Å². The lowest BCUT2D eigenvalue weighted by Crippen LogP contribution is -2.45. The van der Waals surface area contributed by atoms with Crippen LogP contribution in [-0.4, -0.2) is 25.3 Å². The summed E-state index contributed by atoms with van der Waals surface area (Å²) in [6.45, 7) is 5.14. The summed E-state index contributed by atoms with van der Waals surface area (Å²) >= 11 is 1.41. The molecule has 0 aliphatic carbocycles. The van der Waals surface area contributed by atoms with E-state index in [9.17, 15) is 8.42 Å². The number of rotatable bonds is 3. The number of hydrogen-bond donors (Lipinski definition) is 1. The molecule has 2 N–H and O–H groups in total. The fourth-order valence-corrected chi connectivity index (χ4v) is 5.28. The number of nitrogens with zero attached hydrogens (tertiary/aromatic N) is 1. The third-order valence-electron chi connectivity index (χ3n) is 3.75. The lowest BCUT2D eigenvalue weighted by Gasteiger charge is -2.36. The maximum atomic E-state index is 12.6. The molecule has 1 aliphatic heterocycles. The Bertz CT molecular complexity index is 510. The Balaban J connectivity index is 2.30. The highest BCUT2D eigenvalue weighted by atomic mass is 32.2. The summed E-state index contributed by atoms with van der Waals surface area (Å²) in [6.07, 6.45) is 2.05. The van der Waals surface area contributed by atoms with Gasteiger partial charge in [0.15, 0.2) is 0 Å². The molecule has 1 saturated heterocycles. The lowest BCUT2D eigenvalue weighted by molar-refractivity contribution is 0.202. The van der Waals surface area contributed by atoms with E-state index in [1.807, 2.05) is 6.92 Å². The highest BCUT2D eigenvalue weighted by Crippen LogP contribution is 2.30. The van der Waals surface area contributed by atoms with Gasteiger partial charge in [0.05, 0.1) is 4.90 Å². The van der Waals surface area contributed by atoms with E-state index in [-0.39, 0.29) is 6.04 Å². The summed E-state index contributed by atoms with van der Waals surface area (Å²) in [6, 6.07) is 1.77. The van der Waals surface area contributed by atoms with Crippen molar-refractivity contribution in [3.8, 4) is 0 Å². The number of nitrogens with two attached hydrogens (primary N) is 1. The Hall–Kier alpha value is -0.430. The first kappa shape index (κ1) is 14.0. The number of thiophene rings is 1.